The molecule has 1 aromatic heterocycles. The Morgan fingerprint density at radius 3 is 2.44 bits per heavy atom. The number of carbonyl (C=O) groups is 1. The molecule has 0 atom stereocenters. The van der Waals surface area contributed by atoms with Crippen molar-refractivity contribution in [3.63, 3.8) is 0 Å². The lowest BCUT2D eigenvalue weighted by Gasteiger charge is -2.11. The van der Waals surface area contributed by atoms with Gasteiger partial charge in [-0.25, -0.2) is 4.98 Å². The highest BCUT2D eigenvalue weighted by Crippen LogP contribution is 2.28. The van der Waals surface area contributed by atoms with Gasteiger partial charge in [0.05, 0.1) is 16.7 Å². The Morgan fingerprint density at radius 1 is 1.28 bits per heavy atom. The molecule has 0 aromatic carbocycles. The van der Waals surface area contributed by atoms with E-state index in [0.717, 1.165) is 0 Å². The van der Waals surface area contributed by atoms with Crippen LogP contribution in [0.3, 0.4) is 0 Å². The minimum Gasteiger partial charge on any atom is -0.465 e. The van der Waals surface area contributed by atoms with E-state index in [4.69, 9.17) is 27.9 Å². The first-order valence-corrected chi connectivity index (χ1v) is 6.33. The van der Waals surface area contributed by atoms with Crippen molar-refractivity contribution < 1.29 is 9.53 Å². The predicted octanol–water partition coefficient (Wildman–Crippen LogP) is 2.80. The van der Waals surface area contributed by atoms with Gasteiger partial charge in [0.1, 0.15) is 18.2 Å². The van der Waals surface area contributed by atoms with Crippen LogP contribution in [0.5, 0.6) is 0 Å². The van der Waals surface area contributed by atoms with E-state index in [2.05, 4.69) is 15.6 Å². The summed E-state index contributed by atoms with van der Waals surface area (Å²) >= 11 is 11.9. The first-order chi connectivity index (χ1) is 8.58. The summed E-state index contributed by atoms with van der Waals surface area (Å²) in [6.07, 6.45) is 0. The summed E-state index contributed by atoms with van der Waals surface area (Å²) in [6, 6.07) is 1.57. The highest BCUT2D eigenvalue weighted by atomic mass is 35.5. The number of hydrogen-bond donors (Lipinski definition) is 2. The van der Waals surface area contributed by atoms with Gasteiger partial charge in [0.15, 0.2) is 0 Å². The maximum absolute atomic E-state index is 11.2. The number of nitrogens with zero attached hydrogens (tertiary/aromatic N) is 1. The molecule has 1 aromatic rings. The maximum atomic E-state index is 11.2. The Morgan fingerprint density at radius 2 is 1.89 bits per heavy atom. The smallest absolute Gasteiger partial charge is 0.325 e. The summed E-state index contributed by atoms with van der Waals surface area (Å²) in [7, 11) is 0. The molecule has 0 aliphatic heterocycles. The molecular weight excluding hydrogens is 277 g/mol. The van der Waals surface area contributed by atoms with E-state index in [1.807, 2.05) is 6.92 Å². The van der Waals surface area contributed by atoms with Crippen molar-refractivity contribution in [2.24, 2.45) is 0 Å². The quantitative estimate of drug-likeness (QED) is 0.789. The average molecular weight is 292 g/mol. The van der Waals surface area contributed by atoms with E-state index in [0.29, 0.717) is 34.8 Å². The van der Waals surface area contributed by atoms with E-state index in [1.165, 1.54) is 0 Å². The average Bonchev–Trinajstić information content (AvgIpc) is 2.31. The number of ether oxygens (including phenoxy) is 1. The van der Waals surface area contributed by atoms with Crippen LogP contribution >= 0.6 is 23.2 Å². The molecule has 0 amide bonds. The second-order valence-electron chi connectivity index (χ2n) is 3.34. The second-order valence-corrected chi connectivity index (χ2v) is 4.15. The van der Waals surface area contributed by atoms with Gasteiger partial charge >= 0.3 is 5.97 Å². The lowest BCUT2D eigenvalue weighted by molar-refractivity contribution is -0.140. The molecule has 18 heavy (non-hydrogen) atoms. The first-order valence-electron chi connectivity index (χ1n) is 5.57. The van der Waals surface area contributed by atoms with Crippen molar-refractivity contribution in [3.8, 4) is 0 Å². The maximum Gasteiger partial charge on any atom is 0.325 e. The fourth-order valence-corrected chi connectivity index (χ4v) is 1.74. The molecule has 7 heteroatoms. The summed E-state index contributed by atoms with van der Waals surface area (Å²) in [5.74, 6) is 0.551. The predicted molar refractivity (Wildman–Crippen MR) is 73.5 cm³/mol. The van der Waals surface area contributed by atoms with E-state index in [9.17, 15) is 4.79 Å². The number of pyridine rings is 1. The van der Waals surface area contributed by atoms with Gasteiger partial charge in [-0.2, -0.15) is 0 Å². The molecule has 0 saturated carbocycles. The number of rotatable bonds is 6. The van der Waals surface area contributed by atoms with Crippen molar-refractivity contribution in [3.05, 3.63) is 16.1 Å². The van der Waals surface area contributed by atoms with Gasteiger partial charge in [0, 0.05) is 6.54 Å². The fourth-order valence-electron chi connectivity index (χ4n) is 1.25. The van der Waals surface area contributed by atoms with Crippen molar-refractivity contribution in [2.75, 3.05) is 30.3 Å². The Bertz CT molecular complexity index is 427. The summed E-state index contributed by atoms with van der Waals surface area (Å²) in [5, 5.41) is 6.59. The SMILES string of the molecule is CCNc1nc(NCC(=O)OCC)c(Cl)cc1Cl. The molecule has 5 nitrogen and oxygen atoms in total. The Kier molecular flexibility index (Phi) is 6.01. The van der Waals surface area contributed by atoms with E-state index in [1.54, 1.807) is 13.0 Å². The van der Waals surface area contributed by atoms with Gasteiger partial charge in [-0.1, -0.05) is 23.2 Å². The van der Waals surface area contributed by atoms with Crippen LogP contribution in [0, 0.1) is 0 Å². The lowest BCUT2D eigenvalue weighted by atomic mass is 10.4. The van der Waals surface area contributed by atoms with Gasteiger partial charge in [-0.05, 0) is 19.9 Å². The Labute approximate surface area is 116 Å². The van der Waals surface area contributed by atoms with E-state index < -0.39 is 0 Å². The molecule has 1 rings (SSSR count). The number of aromatic nitrogens is 1. The van der Waals surface area contributed by atoms with Crippen LogP contribution in [0.25, 0.3) is 0 Å². The van der Waals surface area contributed by atoms with Crippen molar-refractivity contribution in [1.82, 2.24) is 4.98 Å². The van der Waals surface area contributed by atoms with E-state index in [-0.39, 0.29) is 12.5 Å². The lowest BCUT2D eigenvalue weighted by Crippen LogP contribution is -2.17. The molecule has 100 valence electrons. The van der Waals surface area contributed by atoms with Crippen LogP contribution in [-0.4, -0.2) is 30.6 Å². The first kappa shape index (κ1) is 14.9. The van der Waals surface area contributed by atoms with Gasteiger partial charge in [0.2, 0.25) is 0 Å². The highest BCUT2D eigenvalue weighted by Gasteiger charge is 2.10. The van der Waals surface area contributed by atoms with Crippen LogP contribution in [0.1, 0.15) is 13.8 Å². The minimum absolute atomic E-state index is 0.00770. The molecule has 0 bridgehead atoms. The van der Waals surface area contributed by atoms with Gasteiger partial charge < -0.3 is 15.4 Å². The van der Waals surface area contributed by atoms with Crippen molar-refractivity contribution >= 4 is 40.8 Å². The molecule has 0 fully saturated rings. The molecule has 1 heterocycles. The zero-order chi connectivity index (χ0) is 13.5. The highest BCUT2D eigenvalue weighted by molar-refractivity contribution is 6.37. The third kappa shape index (κ3) is 4.23. The second kappa shape index (κ2) is 7.28. The van der Waals surface area contributed by atoms with Crippen LogP contribution in [0.4, 0.5) is 11.6 Å². The van der Waals surface area contributed by atoms with Gasteiger partial charge in [-0.15, -0.1) is 0 Å². The number of halogens is 2. The Balaban J connectivity index is 2.75. The van der Waals surface area contributed by atoms with Crippen LogP contribution < -0.4 is 10.6 Å². The number of anilines is 2. The molecule has 0 spiro atoms. The van der Waals surface area contributed by atoms with Crippen molar-refractivity contribution in [2.45, 2.75) is 13.8 Å². The molecular formula is C11H15Cl2N3O2. The summed E-state index contributed by atoms with van der Waals surface area (Å²) < 4.78 is 4.79. The normalized spacial score (nSPS) is 10.0. The van der Waals surface area contributed by atoms with Crippen LogP contribution in [0.15, 0.2) is 6.07 Å². The number of carbonyl (C=O) groups excluding carboxylic acids is 1. The van der Waals surface area contributed by atoms with Gasteiger partial charge in [-0.3, -0.25) is 4.79 Å². The van der Waals surface area contributed by atoms with Crippen LogP contribution in [0.2, 0.25) is 10.0 Å². The summed E-state index contributed by atoms with van der Waals surface area (Å²) in [6.45, 7) is 4.71. The zero-order valence-corrected chi connectivity index (χ0v) is 11.7. The molecule has 2 N–H and O–H groups in total. The minimum atomic E-state index is -0.365. The molecule has 0 aliphatic carbocycles. The monoisotopic (exact) mass is 291 g/mol. The molecule has 0 unspecified atom stereocenters. The van der Waals surface area contributed by atoms with Crippen LogP contribution in [-0.2, 0) is 9.53 Å². The number of nitrogens with one attached hydrogen (secondary N) is 2. The third-order valence-electron chi connectivity index (χ3n) is 1.98. The number of esters is 1. The molecule has 0 radical (unpaired) electrons. The zero-order valence-electron chi connectivity index (χ0n) is 10.2. The summed E-state index contributed by atoms with van der Waals surface area (Å²) in [4.78, 5) is 15.4. The largest absolute Gasteiger partial charge is 0.465 e. The van der Waals surface area contributed by atoms with Gasteiger partial charge in [0.25, 0.3) is 0 Å². The Hall–Kier alpha value is -1.20. The van der Waals surface area contributed by atoms with E-state index >= 15 is 0 Å². The topological polar surface area (TPSA) is 63.2 Å². The molecule has 0 aliphatic rings. The van der Waals surface area contributed by atoms with Crippen molar-refractivity contribution in [1.29, 1.82) is 0 Å². The molecule has 0 saturated heterocycles. The summed E-state index contributed by atoms with van der Waals surface area (Å²) in [5.41, 5.74) is 0. The number of hydrogen-bond acceptors (Lipinski definition) is 5. The standard InChI is InChI=1S/C11H15Cl2N3O2/c1-3-14-10-7(12)5-8(13)11(16-10)15-6-9(17)18-4-2/h5H,3-4,6H2,1-2H3,(H2,14,15,16). The third-order valence-corrected chi connectivity index (χ3v) is 2.56. The fraction of sp³-hybridized carbons (Fsp3) is 0.455.